The van der Waals surface area contributed by atoms with Crippen LogP contribution in [0.5, 0.6) is 0 Å². The van der Waals surface area contributed by atoms with Crippen molar-refractivity contribution in [2.75, 3.05) is 16.8 Å². The minimum atomic E-state index is -0.0214. The number of carbonyl (C=O) groups is 1. The van der Waals surface area contributed by atoms with E-state index in [1.807, 2.05) is 42.5 Å². The number of rotatable bonds is 5. The number of amides is 1. The van der Waals surface area contributed by atoms with E-state index < -0.39 is 0 Å². The molecule has 1 heterocycles. The Kier molecular flexibility index (Phi) is 5.06. The van der Waals surface area contributed by atoms with Crippen molar-refractivity contribution >= 4 is 50.6 Å². The average molecular weight is 358 g/mol. The van der Waals surface area contributed by atoms with Gasteiger partial charge in [0.15, 0.2) is 4.34 Å². The lowest BCUT2D eigenvalue weighted by Gasteiger charge is -2.13. The molecule has 1 aromatic heterocycles. The Hall–Kier alpha value is -2.05. The Bertz CT molecular complexity index is 874. The number of thioether (sulfide) groups is 1. The first-order valence-electron chi connectivity index (χ1n) is 7.70. The predicted octanol–water partition coefficient (Wildman–Crippen LogP) is 4.73. The number of nitrogens with zero attached hydrogens (tertiary/aromatic N) is 1. The van der Waals surface area contributed by atoms with Crippen molar-refractivity contribution in [1.82, 2.24) is 4.98 Å². The van der Waals surface area contributed by atoms with Crippen LogP contribution in [0.25, 0.3) is 10.2 Å². The van der Waals surface area contributed by atoms with Gasteiger partial charge in [-0.1, -0.05) is 43.8 Å². The first-order valence-corrected chi connectivity index (χ1v) is 9.51. The van der Waals surface area contributed by atoms with E-state index in [0.717, 1.165) is 31.5 Å². The van der Waals surface area contributed by atoms with Gasteiger partial charge in [-0.25, -0.2) is 4.98 Å². The summed E-state index contributed by atoms with van der Waals surface area (Å²) in [5.41, 5.74) is 9.46. The van der Waals surface area contributed by atoms with Gasteiger partial charge >= 0.3 is 0 Å². The van der Waals surface area contributed by atoms with E-state index in [1.165, 1.54) is 11.8 Å². The molecule has 0 atom stereocenters. The fourth-order valence-electron chi connectivity index (χ4n) is 2.41. The third kappa shape index (κ3) is 3.88. The van der Waals surface area contributed by atoms with Crippen molar-refractivity contribution in [3.63, 3.8) is 0 Å². The summed E-state index contributed by atoms with van der Waals surface area (Å²) in [6.45, 7) is 4.24. The van der Waals surface area contributed by atoms with Crippen LogP contribution in [0.4, 0.5) is 11.4 Å². The van der Waals surface area contributed by atoms with Crippen molar-refractivity contribution in [2.24, 2.45) is 0 Å². The van der Waals surface area contributed by atoms with E-state index in [2.05, 4.69) is 24.1 Å². The van der Waals surface area contributed by atoms with Gasteiger partial charge in [0.25, 0.3) is 0 Å². The maximum atomic E-state index is 12.3. The molecule has 0 aliphatic rings. The highest BCUT2D eigenvalue weighted by Gasteiger charge is 2.11. The van der Waals surface area contributed by atoms with E-state index in [0.29, 0.717) is 11.7 Å². The predicted molar refractivity (Wildman–Crippen MR) is 104 cm³/mol. The summed E-state index contributed by atoms with van der Waals surface area (Å²) >= 11 is 3.01. The van der Waals surface area contributed by atoms with Crippen molar-refractivity contribution in [3.05, 3.63) is 48.0 Å². The van der Waals surface area contributed by atoms with E-state index in [1.54, 1.807) is 11.3 Å². The van der Waals surface area contributed by atoms with Crippen LogP contribution in [0.2, 0.25) is 0 Å². The molecule has 3 N–H and O–H groups in total. The summed E-state index contributed by atoms with van der Waals surface area (Å²) in [6, 6.07) is 13.6. The molecule has 0 spiro atoms. The van der Waals surface area contributed by atoms with E-state index in [-0.39, 0.29) is 5.91 Å². The Morgan fingerprint density at radius 1 is 1.29 bits per heavy atom. The number of para-hydroxylation sites is 1. The molecular weight excluding hydrogens is 338 g/mol. The lowest BCUT2D eigenvalue weighted by Crippen LogP contribution is -2.15. The van der Waals surface area contributed by atoms with Gasteiger partial charge < -0.3 is 11.1 Å². The molecule has 0 aliphatic carbocycles. The fourth-order valence-corrected chi connectivity index (χ4v) is 4.33. The second kappa shape index (κ2) is 7.23. The van der Waals surface area contributed by atoms with Crippen LogP contribution in [0.15, 0.2) is 46.8 Å². The smallest absolute Gasteiger partial charge is 0.234 e. The van der Waals surface area contributed by atoms with Gasteiger partial charge in [0, 0.05) is 11.4 Å². The molecule has 3 rings (SSSR count). The van der Waals surface area contributed by atoms with Crippen LogP contribution in [0.3, 0.4) is 0 Å². The standard InChI is InChI=1S/C18H19N3OS2/c1-11(2)13-5-3-4-6-14(13)20-17(22)10-23-18-21-15-8-7-12(19)9-16(15)24-18/h3-9,11H,10,19H2,1-2H3,(H,20,22). The molecule has 0 bridgehead atoms. The largest absolute Gasteiger partial charge is 0.399 e. The number of thiazole rings is 1. The van der Waals surface area contributed by atoms with Crippen LogP contribution in [-0.2, 0) is 4.79 Å². The van der Waals surface area contributed by atoms with Crippen molar-refractivity contribution < 1.29 is 4.79 Å². The fraction of sp³-hybridized carbons (Fsp3) is 0.222. The summed E-state index contributed by atoms with van der Waals surface area (Å²) in [5.74, 6) is 0.678. The molecule has 4 nitrogen and oxygen atoms in total. The van der Waals surface area contributed by atoms with E-state index >= 15 is 0 Å². The topological polar surface area (TPSA) is 68.0 Å². The van der Waals surface area contributed by atoms with Crippen LogP contribution in [-0.4, -0.2) is 16.6 Å². The Morgan fingerprint density at radius 3 is 2.88 bits per heavy atom. The molecule has 2 aromatic carbocycles. The Labute approximate surface area is 149 Å². The molecule has 0 saturated heterocycles. The van der Waals surface area contributed by atoms with Gasteiger partial charge in [0.05, 0.1) is 16.0 Å². The zero-order valence-electron chi connectivity index (χ0n) is 13.6. The van der Waals surface area contributed by atoms with E-state index in [9.17, 15) is 4.79 Å². The van der Waals surface area contributed by atoms with Crippen LogP contribution in [0.1, 0.15) is 25.3 Å². The highest BCUT2D eigenvalue weighted by atomic mass is 32.2. The van der Waals surface area contributed by atoms with Gasteiger partial charge in [0.2, 0.25) is 5.91 Å². The Balaban J connectivity index is 1.65. The number of hydrogen-bond acceptors (Lipinski definition) is 5. The molecule has 24 heavy (non-hydrogen) atoms. The van der Waals surface area contributed by atoms with Crippen LogP contribution in [0, 0.1) is 0 Å². The summed E-state index contributed by atoms with van der Waals surface area (Å²) in [6.07, 6.45) is 0. The quantitative estimate of drug-likeness (QED) is 0.511. The number of benzene rings is 2. The number of nitrogens with one attached hydrogen (secondary N) is 1. The molecule has 3 aromatic rings. The summed E-state index contributed by atoms with van der Waals surface area (Å²) < 4.78 is 1.92. The van der Waals surface area contributed by atoms with Gasteiger partial charge in [-0.2, -0.15) is 0 Å². The van der Waals surface area contributed by atoms with Crippen LogP contribution < -0.4 is 11.1 Å². The minimum Gasteiger partial charge on any atom is -0.399 e. The zero-order valence-corrected chi connectivity index (χ0v) is 15.2. The number of fused-ring (bicyclic) bond motifs is 1. The highest BCUT2D eigenvalue weighted by molar-refractivity contribution is 8.01. The minimum absolute atomic E-state index is 0.0214. The first kappa shape index (κ1) is 16.8. The highest BCUT2D eigenvalue weighted by Crippen LogP contribution is 2.31. The number of nitrogens with two attached hydrogens (primary N) is 1. The van der Waals surface area contributed by atoms with Crippen molar-refractivity contribution in [1.29, 1.82) is 0 Å². The average Bonchev–Trinajstić information content (AvgIpc) is 2.95. The lowest BCUT2D eigenvalue weighted by atomic mass is 10.0. The lowest BCUT2D eigenvalue weighted by molar-refractivity contribution is -0.113. The zero-order chi connectivity index (χ0) is 17.1. The van der Waals surface area contributed by atoms with Gasteiger partial charge in [0.1, 0.15) is 0 Å². The number of nitrogen functional groups attached to an aromatic ring is 1. The SMILES string of the molecule is CC(C)c1ccccc1NC(=O)CSc1nc2ccc(N)cc2s1. The van der Waals surface area contributed by atoms with Crippen LogP contribution >= 0.6 is 23.1 Å². The maximum absolute atomic E-state index is 12.3. The van der Waals surface area contributed by atoms with Crippen molar-refractivity contribution in [3.8, 4) is 0 Å². The maximum Gasteiger partial charge on any atom is 0.234 e. The molecular formula is C18H19N3OS2. The molecule has 0 fully saturated rings. The summed E-state index contributed by atoms with van der Waals surface area (Å²) in [7, 11) is 0. The number of carbonyl (C=O) groups excluding carboxylic acids is 1. The normalized spacial score (nSPS) is 11.1. The molecule has 0 unspecified atom stereocenters. The number of hydrogen-bond donors (Lipinski definition) is 2. The second-order valence-corrected chi connectivity index (χ2v) is 8.04. The van der Waals surface area contributed by atoms with Gasteiger partial charge in [-0.15, -0.1) is 11.3 Å². The third-order valence-corrected chi connectivity index (χ3v) is 5.74. The first-order chi connectivity index (χ1) is 11.5. The molecule has 124 valence electrons. The summed E-state index contributed by atoms with van der Waals surface area (Å²) in [5, 5.41) is 3.00. The number of anilines is 2. The third-order valence-electron chi connectivity index (χ3n) is 3.58. The molecule has 6 heteroatoms. The molecule has 0 saturated carbocycles. The molecule has 0 radical (unpaired) electrons. The number of aromatic nitrogens is 1. The Morgan fingerprint density at radius 2 is 2.08 bits per heavy atom. The molecule has 1 amide bonds. The summed E-state index contributed by atoms with van der Waals surface area (Å²) in [4.78, 5) is 16.8. The van der Waals surface area contributed by atoms with E-state index in [4.69, 9.17) is 5.73 Å². The van der Waals surface area contributed by atoms with Gasteiger partial charge in [-0.05, 0) is 35.7 Å². The second-order valence-electron chi connectivity index (χ2n) is 5.79. The molecule has 0 aliphatic heterocycles. The van der Waals surface area contributed by atoms with Crippen molar-refractivity contribution in [2.45, 2.75) is 24.1 Å². The van der Waals surface area contributed by atoms with Gasteiger partial charge in [-0.3, -0.25) is 4.79 Å². The monoisotopic (exact) mass is 357 g/mol.